The lowest BCUT2D eigenvalue weighted by molar-refractivity contribution is 0.509. The number of anilines is 1. The smallest absolute Gasteiger partial charge is 0.266 e. The highest BCUT2D eigenvalue weighted by atomic mass is 35.5. The van der Waals surface area contributed by atoms with Crippen LogP contribution in [0.25, 0.3) is 10.9 Å². The first-order chi connectivity index (χ1) is 12.7. The topological polar surface area (TPSA) is 66.1 Å². The third kappa shape index (κ3) is 3.96. The third-order valence-electron chi connectivity index (χ3n) is 4.55. The highest BCUT2D eigenvalue weighted by molar-refractivity contribution is 7.92. The highest BCUT2D eigenvalue weighted by Gasteiger charge is 2.30. The number of pyridine rings is 1. The van der Waals surface area contributed by atoms with Gasteiger partial charge in [-0.15, -0.1) is 0 Å². The van der Waals surface area contributed by atoms with Gasteiger partial charge in [0.1, 0.15) is 10.0 Å². The Morgan fingerprint density at radius 3 is 2.59 bits per heavy atom. The molecule has 3 rings (SSSR count). The van der Waals surface area contributed by atoms with E-state index in [1.54, 1.807) is 13.0 Å². The summed E-state index contributed by atoms with van der Waals surface area (Å²) in [6.07, 6.45) is 3.91. The van der Waals surface area contributed by atoms with Crippen molar-refractivity contribution in [3.05, 3.63) is 53.4 Å². The second-order valence-electron chi connectivity index (χ2n) is 7.31. The number of hydrogen-bond acceptors (Lipinski definition) is 3. The quantitative estimate of drug-likeness (QED) is 0.576. The summed E-state index contributed by atoms with van der Waals surface area (Å²) >= 11 is 5.99. The molecule has 0 aliphatic heterocycles. The summed E-state index contributed by atoms with van der Waals surface area (Å²) < 4.78 is 28.6. The second kappa shape index (κ2) is 7.52. The fourth-order valence-corrected chi connectivity index (χ4v) is 5.17. The van der Waals surface area contributed by atoms with Crippen molar-refractivity contribution in [2.24, 2.45) is 5.92 Å². The number of benzene rings is 1. The fraction of sp³-hybridized carbons (Fsp3) is 0.350. The Morgan fingerprint density at radius 1 is 1.19 bits per heavy atom. The van der Waals surface area contributed by atoms with E-state index in [1.165, 1.54) is 10.5 Å². The second-order valence-corrected chi connectivity index (χ2v) is 9.48. The van der Waals surface area contributed by atoms with E-state index in [0.717, 1.165) is 17.3 Å². The van der Waals surface area contributed by atoms with Crippen LogP contribution in [0.1, 0.15) is 32.8 Å². The van der Waals surface area contributed by atoms with E-state index < -0.39 is 10.0 Å². The van der Waals surface area contributed by atoms with Crippen molar-refractivity contribution in [2.45, 2.75) is 45.1 Å². The molecule has 144 valence electrons. The monoisotopic (exact) mass is 405 g/mol. The summed E-state index contributed by atoms with van der Waals surface area (Å²) in [5, 5.41) is 1.28. The van der Waals surface area contributed by atoms with Crippen LogP contribution in [0.4, 0.5) is 5.69 Å². The van der Waals surface area contributed by atoms with Gasteiger partial charge in [0.05, 0.1) is 5.69 Å². The van der Waals surface area contributed by atoms with Crippen molar-refractivity contribution in [1.82, 2.24) is 9.97 Å². The van der Waals surface area contributed by atoms with E-state index in [0.29, 0.717) is 22.3 Å². The third-order valence-corrected chi connectivity index (χ3v) is 6.85. The van der Waals surface area contributed by atoms with Gasteiger partial charge in [-0.3, -0.25) is 4.31 Å². The molecular formula is C20H24ClN3O2S. The van der Waals surface area contributed by atoms with Gasteiger partial charge in [-0.25, -0.2) is 13.4 Å². The van der Waals surface area contributed by atoms with Gasteiger partial charge in [0.2, 0.25) is 0 Å². The summed E-state index contributed by atoms with van der Waals surface area (Å²) in [5.74, 6) is 0.360. The molecule has 5 nitrogen and oxygen atoms in total. The molecule has 3 aromatic rings. The number of sulfonamides is 1. The molecule has 0 unspecified atom stereocenters. The molecule has 0 aliphatic rings. The molecule has 1 aromatic carbocycles. The maximum absolute atomic E-state index is 13.5. The van der Waals surface area contributed by atoms with Crippen LogP contribution in [0.5, 0.6) is 0 Å². The van der Waals surface area contributed by atoms with Crippen molar-refractivity contribution < 1.29 is 8.42 Å². The number of hydrogen-bond donors (Lipinski definition) is 1. The van der Waals surface area contributed by atoms with Gasteiger partial charge < -0.3 is 4.98 Å². The lowest BCUT2D eigenvalue weighted by atomic mass is 10.0. The largest absolute Gasteiger partial charge is 0.361 e. The van der Waals surface area contributed by atoms with Gasteiger partial charge in [0.15, 0.2) is 0 Å². The van der Waals surface area contributed by atoms with E-state index in [1.807, 2.05) is 37.4 Å². The van der Waals surface area contributed by atoms with Crippen molar-refractivity contribution in [3.8, 4) is 0 Å². The minimum Gasteiger partial charge on any atom is -0.361 e. The van der Waals surface area contributed by atoms with Gasteiger partial charge in [-0.05, 0) is 62.1 Å². The van der Waals surface area contributed by atoms with Crippen LogP contribution in [0.3, 0.4) is 0 Å². The minimum atomic E-state index is -3.79. The summed E-state index contributed by atoms with van der Waals surface area (Å²) in [5.41, 5.74) is 2.25. The summed E-state index contributed by atoms with van der Waals surface area (Å²) in [4.78, 5) is 7.32. The number of nitrogens with zero attached hydrogens (tertiary/aromatic N) is 2. The predicted octanol–water partition coefficient (Wildman–Crippen LogP) is 5.15. The lowest BCUT2D eigenvalue weighted by Crippen LogP contribution is -2.39. The molecule has 0 bridgehead atoms. The zero-order valence-electron chi connectivity index (χ0n) is 15.9. The first-order valence-electron chi connectivity index (χ1n) is 8.94. The normalized spacial score (nSPS) is 13.3. The Bertz CT molecular complexity index is 1060. The lowest BCUT2D eigenvalue weighted by Gasteiger charge is -2.31. The average molecular weight is 406 g/mol. The van der Waals surface area contributed by atoms with E-state index >= 15 is 0 Å². The maximum Gasteiger partial charge on any atom is 0.266 e. The van der Waals surface area contributed by atoms with Crippen molar-refractivity contribution >= 4 is 38.2 Å². The van der Waals surface area contributed by atoms with Gasteiger partial charge >= 0.3 is 0 Å². The zero-order valence-corrected chi connectivity index (χ0v) is 17.5. The Hall–Kier alpha value is -2.05. The molecule has 0 aliphatic carbocycles. The molecular weight excluding hydrogens is 382 g/mol. The van der Waals surface area contributed by atoms with Gasteiger partial charge in [0.25, 0.3) is 10.0 Å². The number of H-pyrrole nitrogens is 1. The molecule has 0 saturated heterocycles. The average Bonchev–Trinajstić information content (AvgIpc) is 3.04. The SMILES string of the molecule is Cc1cc(S(=O)(=O)N(c2ccc3[nH]ccc3c2)[C@H](C)CC(C)C)cnc1Cl. The van der Waals surface area contributed by atoms with Crippen molar-refractivity contribution in [1.29, 1.82) is 0 Å². The number of halogens is 1. The van der Waals surface area contributed by atoms with Crippen LogP contribution in [0.15, 0.2) is 47.6 Å². The van der Waals surface area contributed by atoms with Crippen LogP contribution < -0.4 is 4.31 Å². The molecule has 7 heteroatoms. The zero-order chi connectivity index (χ0) is 19.8. The van der Waals surface area contributed by atoms with Crippen molar-refractivity contribution in [2.75, 3.05) is 4.31 Å². The molecule has 0 amide bonds. The molecule has 27 heavy (non-hydrogen) atoms. The van der Waals surface area contributed by atoms with Gasteiger partial charge in [0, 0.05) is 29.3 Å². The molecule has 0 saturated carbocycles. The first kappa shape index (κ1) is 19.7. The number of fused-ring (bicyclic) bond motifs is 1. The number of rotatable bonds is 6. The molecule has 2 aromatic heterocycles. The molecule has 0 spiro atoms. The molecule has 1 atom stereocenters. The predicted molar refractivity (Wildman–Crippen MR) is 111 cm³/mol. The van der Waals surface area contributed by atoms with Crippen LogP contribution in [-0.4, -0.2) is 24.4 Å². The molecule has 0 fully saturated rings. The summed E-state index contributed by atoms with van der Waals surface area (Å²) in [6, 6.07) is 8.95. The molecule has 2 heterocycles. The molecule has 0 radical (unpaired) electrons. The standard InChI is InChI=1S/C20H24ClN3O2S/c1-13(2)9-15(4)24(17-5-6-19-16(11-17)7-8-22-19)27(25,26)18-10-14(3)20(21)23-12-18/h5-8,10-13,15,22H,9H2,1-4H3/t15-/m1/s1. The Kier molecular flexibility index (Phi) is 5.49. The van der Waals surface area contributed by atoms with E-state index in [9.17, 15) is 8.42 Å². The minimum absolute atomic E-state index is 0.147. The number of aromatic nitrogens is 2. The number of nitrogens with one attached hydrogen (secondary N) is 1. The van der Waals surface area contributed by atoms with Crippen LogP contribution in [0.2, 0.25) is 5.15 Å². The Morgan fingerprint density at radius 2 is 1.93 bits per heavy atom. The first-order valence-corrected chi connectivity index (χ1v) is 10.8. The highest BCUT2D eigenvalue weighted by Crippen LogP contribution is 2.31. The summed E-state index contributed by atoms with van der Waals surface area (Å²) in [7, 11) is -3.79. The van der Waals surface area contributed by atoms with E-state index in [2.05, 4.69) is 23.8 Å². The van der Waals surface area contributed by atoms with Gasteiger partial charge in [-0.1, -0.05) is 25.4 Å². The molecule has 1 N–H and O–H groups in total. The Balaban J connectivity index is 2.14. The van der Waals surface area contributed by atoms with Crippen LogP contribution in [0, 0.1) is 12.8 Å². The van der Waals surface area contributed by atoms with E-state index in [4.69, 9.17) is 11.6 Å². The van der Waals surface area contributed by atoms with Crippen LogP contribution in [-0.2, 0) is 10.0 Å². The van der Waals surface area contributed by atoms with Gasteiger partial charge in [-0.2, -0.15) is 0 Å². The number of aromatic amines is 1. The Labute approximate surface area is 165 Å². The number of aryl methyl sites for hydroxylation is 1. The van der Waals surface area contributed by atoms with E-state index in [-0.39, 0.29) is 10.9 Å². The fourth-order valence-electron chi connectivity index (χ4n) is 3.37. The maximum atomic E-state index is 13.5. The summed E-state index contributed by atoms with van der Waals surface area (Å²) in [6.45, 7) is 7.87. The van der Waals surface area contributed by atoms with Crippen molar-refractivity contribution in [3.63, 3.8) is 0 Å². The van der Waals surface area contributed by atoms with Crippen LogP contribution >= 0.6 is 11.6 Å².